The van der Waals surface area contributed by atoms with Crippen molar-refractivity contribution in [2.75, 3.05) is 25.9 Å². The molecule has 2 atom stereocenters. The highest BCUT2D eigenvalue weighted by molar-refractivity contribution is 7.88. The van der Waals surface area contributed by atoms with Crippen molar-refractivity contribution in [3.63, 3.8) is 0 Å². The number of hydrogen-bond acceptors (Lipinski definition) is 4. The van der Waals surface area contributed by atoms with E-state index in [0.29, 0.717) is 26.1 Å². The van der Waals surface area contributed by atoms with E-state index in [9.17, 15) is 13.2 Å². The van der Waals surface area contributed by atoms with E-state index < -0.39 is 10.0 Å². The number of piperidine rings is 1. The van der Waals surface area contributed by atoms with Crippen molar-refractivity contribution in [2.45, 2.75) is 25.3 Å². The van der Waals surface area contributed by atoms with Crippen molar-refractivity contribution in [1.29, 1.82) is 0 Å². The predicted octanol–water partition coefficient (Wildman–Crippen LogP) is 0.507. The molecule has 0 aromatic carbocycles. The maximum Gasteiger partial charge on any atom is 0.227 e. The Kier molecular flexibility index (Phi) is 4.18. The monoisotopic (exact) mass is 323 g/mol. The van der Waals surface area contributed by atoms with Gasteiger partial charge in [-0.3, -0.25) is 9.78 Å². The Bertz CT molecular complexity index is 647. The molecule has 4 heterocycles. The molecule has 22 heavy (non-hydrogen) atoms. The van der Waals surface area contributed by atoms with E-state index in [2.05, 4.69) is 4.98 Å². The molecule has 0 N–H and O–H groups in total. The molecular formula is C15H21N3O3S. The van der Waals surface area contributed by atoms with Crippen molar-refractivity contribution in [2.24, 2.45) is 5.92 Å². The lowest BCUT2D eigenvalue weighted by Crippen LogP contribution is -2.48. The van der Waals surface area contributed by atoms with E-state index in [4.69, 9.17) is 0 Å². The van der Waals surface area contributed by atoms with Crippen LogP contribution in [0.4, 0.5) is 0 Å². The van der Waals surface area contributed by atoms with E-state index in [0.717, 1.165) is 18.4 Å². The number of nitrogens with zero attached hydrogens (tertiary/aromatic N) is 3. The molecule has 120 valence electrons. The maximum atomic E-state index is 12.6. The van der Waals surface area contributed by atoms with Gasteiger partial charge in [0.15, 0.2) is 0 Å². The summed E-state index contributed by atoms with van der Waals surface area (Å²) >= 11 is 0. The first-order chi connectivity index (χ1) is 10.4. The first-order valence-electron chi connectivity index (χ1n) is 7.57. The Hall–Kier alpha value is -1.47. The Labute approximate surface area is 131 Å². The summed E-state index contributed by atoms with van der Waals surface area (Å²) in [4.78, 5) is 18.5. The largest absolute Gasteiger partial charge is 0.338 e. The van der Waals surface area contributed by atoms with Crippen molar-refractivity contribution in [3.8, 4) is 0 Å². The Morgan fingerprint density at radius 1 is 1.32 bits per heavy atom. The molecular weight excluding hydrogens is 302 g/mol. The lowest BCUT2D eigenvalue weighted by Gasteiger charge is -2.36. The Morgan fingerprint density at radius 2 is 2.14 bits per heavy atom. The van der Waals surface area contributed by atoms with Gasteiger partial charge in [0, 0.05) is 38.1 Å². The van der Waals surface area contributed by atoms with Crippen LogP contribution in [-0.4, -0.2) is 60.4 Å². The third-order valence-electron chi connectivity index (χ3n) is 4.55. The van der Waals surface area contributed by atoms with Crippen LogP contribution in [0.25, 0.3) is 0 Å². The summed E-state index contributed by atoms with van der Waals surface area (Å²) in [5.41, 5.74) is 0.896. The number of sulfonamides is 1. The highest BCUT2D eigenvalue weighted by Crippen LogP contribution is 2.29. The standard InChI is InChI=1S/C15H21N3O3S/c1-22(20,21)17-9-13-4-5-14(11-17)18(10-13)15(19)7-12-3-2-6-16-8-12/h2-3,6,8,13-14H,4-5,7,9-11H2,1H3/t13-,14+/m1/s1. The SMILES string of the molecule is CS(=O)(=O)N1C[C@H]2CC[C@@H](C1)N(C(=O)Cc1cccnc1)C2. The molecule has 0 saturated carbocycles. The van der Waals surface area contributed by atoms with Gasteiger partial charge in [-0.1, -0.05) is 6.07 Å². The molecule has 1 amide bonds. The fourth-order valence-corrected chi connectivity index (χ4v) is 4.32. The van der Waals surface area contributed by atoms with Gasteiger partial charge in [0.25, 0.3) is 0 Å². The van der Waals surface area contributed by atoms with Crippen LogP contribution in [0, 0.1) is 5.92 Å². The normalized spacial score (nSPS) is 26.0. The third kappa shape index (κ3) is 3.30. The number of rotatable bonds is 3. The topological polar surface area (TPSA) is 70.6 Å². The van der Waals surface area contributed by atoms with Crippen LogP contribution in [0.1, 0.15) is 18.4 Å². The highest BCUT2D eigenvalue weighted by Gasteiger charge is 2.39. The van der Waals surface area contributed by atoms with Crippen molar-refractivity contribution in [3.05, 3.63) is 30.1 Å². The highest BCUT2D eigenvalue weighted by atomic mass is 32.2. The van der Waals surface area contributed by atoms with Crippen LogP contribution in [-0.2, 0) is 21.2 Å². The van der Waals surface area contributed by atoms with Gasteiger partial charge in [0.05, 0.1) is 12.7 Å². The van der Waals surface area contributed by atoms with Gasteiger partial charge in [0.2, 0.25) is 15.9 Å². The zero-order valence-electron chi connectivity index (χ0n) is 12.7. The molecule has 6 nitrogen and oxygen atoms in total. The summed E-state index contributed by atoms with van der Waals surface area (Å²) < 4.78 is 25.2. The molecule has 3 aliphatic rings. The minimum absolute atomic E-state index is 0.00218. The molecule has 3 aliphatic heterocycles. The summed E-state index contributed by atoms with van der Waals surface area (Å²) in [5, 5.41) is 0. The van der Waals surface area contributed by atoms with Gasteiger partial charge in [-0.15, -0.1) is 0 Å². The second-order valence-electron chi connectivity index (χ2n) is 6.26. The number of aromatic nitrogens is 1. The molecule has 4 rings (SSSR count). The molecule has 1 aromatic heterocycles. The second kappa shape index (κ2) is 5.96. The molecule has 0 unspecified atom stereocenters. The first kappa shape index (κ1) is 15.4. The number of hydrogen-bond donors (Lipinski definition) is 0. The maximum absolute atomic E-state index is 12.6. The molecule has 7 heteroatoms. The first-order valence-corrected chi connectivity index (χ1v) is 9.42. The summed E-state index contributed by atoms with van der Waals surface area (Å²) in [6.07, 6.45) is 6.85. The lowest BCUT2D eigenvalue weighted by atomic mass is 9.94. The summed E-state index contributed by atoms with van der Waals surface area (Å²) in [7, 11) is -3.20. The number of carbonyl (C=O) groups excluding carboxylic acids is 1. The molecule has 3 fully saturated rings. The minimum atomic E-state index is -3.20. The zero-order valence-corrected chi connectivity index (χ0v) is 13.5. The quantitative estimate of drug-likeness (QED) is 0.812. The molecule has 3 saturated heterocycles. The average Bonchev–Trinajstić information content (AvgIpc) is 2.80. The lowest BCUT2D eigenvalue weighted by molar-refractivity contribution is -0.134. The number of fused-ring (bicyclic) bond motifs is 4. The van der Waals surface area contributed by atoms with Gasteiger partial charge < -0.3 is 4.90 Å². The molecule has 0 spiro atoms. The van der Waals surface area contributed by atoms with E-state index in [-0.39, 0.29) is 17.9 Å². The van der Waals surface area contributed by atoms with Gasteiger partial charge in [-0.25, -0.2) is 8.42 Å². The van der Waals surface area contributed by atoms with Crippen LogP contribution >= 0.6 is 0 Å². The van der Waals surface area contributed by atoms with Crippen molar-refractivity contribution < 1.29 is 13.2 Å². The number of carbonyl (C=O) groups is 1. The molecule has 1 aromatic rings. The number of pyridine rings is 1. The van der Waals surface area contributed by atoms with Crippen molar-refractivity contribution >= 4 is 15.9 Å². The van der Waals surface area contributed by atoms with Crippen LogP contribution < -0.4 is 0 Å². The van der Waals surface area contributed by atoms with Crippen LogP contribution in [0.3, 0.4) is 0 Å². The summed E-state index contributed by atoms with van der Waals surface area (Å²) in [5.74, 6) is 0.310. The third-order valence-corrected chi connectivity index (χ3v) is 5.78. The van der Waals surface area contributed by atoms with Crippen LogP contribution in [0.2, 0.25) is 0 Å². The van der Waals surface area contributed by atoms with Crippen LogP contribution in [0.15, 0.2) is 24.5 Å². The number of amides is 1. The fraction of sp³-hybridized carbons (Fsp3) is 0.600. The van der Waals surface area contributed by atoms with Gasteiger partial charge in [0.1, 0.15) is 0 Å². The van der Waals surface area contributed by atoms with E-state index in [1.54, 1.807) is 12.4 Å². The average molecular weight is 323 g/mol. The Morgan fingerprint density at radius 3 is 2.82 bits per heavy atom. The smallest absolute Gasteiger partial charge is 0.227 e. The van der Waals surface area contributed by atoms with Gasteiger partial charge >= 0.3 is 0 Å². The molecule has 0 radical (unpaired) electrons. The van der Waals surface area contributed by atoms with E-state index in [1.165, 1.54) is 10.6 Å². The fourth-order valence-electron chi connectivity index (χ4n) is 3.39. The molecule has 2 bridgehead atoms. The summed E-state index contributed by atoms with van der Waals surface area (Å²) in [6.45, 7) is 1.62. The summed E-state index contributed by atoms with van der Waals surface area (Å²) in [6, 6.07) is 3.71. The Balaban J connectivity index is 1.74. The predicted molar refractivity (Wildman–Crippen MR) is 82.6 cm³/mol. The van der Waals surface area contributed by atoms with E-state index in [1.807, 2.05) is 17.0 Å². The molecule has 0 aliphatic carbocycles. The van der Waals surface area contributed by atoms with Gasteiger partial charge in [-0.05, 0) is 30.4 Å². The van der Waals surface area contributed by atoms with Crippen molar-refractivity contribution in [1.82, 2.24) is 14.2 Å². The minimum Gasteiger partial charge on any atom is -0.338 e. The second-order valence-corrected chi connectivity index (χ2v) is 8.24. The van der Waals surface area contributed by atoms with Gasteiger partial charge in [-0.2, -0.15) is 4.31 Å². The zero-order chi connectivity index (χ0) is 15.7. The van der Waals surface area contributed by atoms with Crippen LogP contribution in [0.5, 0.6) is 0 Å². The van der Waals surface area contributed by atoms with E-state index >= 15 is 0 Å².